The molecule has 1 fully saturated rings. The van der Waals surface area contributed by atoms with Gasteiger partial charge in [-0.1, -0.05) is 0 Å². The number of hydrogen-bond acceptors (Lipinski definition) is 3. The third-order valence-electron chi connectivity index (χ3n) is 4.03. The summed E-state index contributed by atoms with van der Waals surface area (Å²) in [7, 11) is 0. The second kappa shape index (κ2) is 6.04. The Morgan fingerprint density at radius 2 is 2.05 bits per heavy atom. The van der Waals surface area contributed by atoms with Crippen molar-refractivity contribution >= 4 is 5.91 Å². The molecule has 1 aliphatic rings. The van der Waals surface area contributed by atoms with Crippen LogP contribution in [-0.4, -0.2) is 33.9 Å². The summed E-state index contributed by atoms with van der Waals surface area (Å²) in [6.45, 7) is 3.62. The van der Waals surface area contributed by atoms with Gasteiger partial charge in [0.05, 0.1) is 0 Å². The van der Waals surface area contributed by atoms with E-state index in [1.54, 1.807) is 24.5 Å². The Morgan fingerprint density at radius 1 is 1.24 bits per heavy atom. The van der Waals surface area contributed by atoms with E-state index in [9.17, 15) is 4.79 Å². The molecule has 21 heavy (non-hydrogen) atoms. The van der Waals surface area contributed by atoms with Gasteiger partial charge in [-0.2, -0.15) is 0 Å². The summed E-state index contributed by atoms with van der Waals surface area (Å²) in [6.07, 6.45) is 7.36. The minimum Gasteiger partial charge on any atom is -0.338 e. The molecule has 0 N–H and O–H groups in total. The van der Waals surface area contributed by atoms with Crippen LogP contribution < -0.4 is 0 Å². The summed E-state index contributed by atoms with van der Waals surface area (Å²) in [5, 5.41) is 0. The van der Waals surface area contributed by atoms with Crippen LogP contribution in [0.2, 0.25) is 0 Å². The molecule has 1 aliphatic heterocycles. The Hall–Kier alpha value is -2.23. The lowest BCUT2D eigenvalue weighted by molar-refractivity contribution is 0.0707. The Morgan fingerprint density at radius 3 is 2.81 bits per heavy atom. The monoisotopic (exact) mass is 281 g/mol. The molecule has 1 saturated heterocycles. The van der Waals surface area contributed by atoms with Crippen LogP contribution in [-0.2, 0) is 0 Å². The number of amides is 1. The van der Waals surface area contributed by atoms with Gasteiger partial charge in [0.25, 0.3) is 5.91 Å². The first-order valence-electron chi connectivity index (χ1n) is 7.36. The summed E-state index contributed by atoms with van der Waals surface area (Å²) >= 11 is 0. The number of rotatable bonds is 2. The van der Waals surface area contributed by atoms with Crippen LogP contribution in [0, 0.1) is 6.92 Å². The SMILES string of the molecule is Cc1cc(C2CCCN(C(=O)c3ccncc3)C2)ccn1. The highest BCUT2D eigenvalue weighted by Gasteiger charge is 2.25. The summed E-state index contributed by atoms with van der Waals surface area (Å²) in [5.41, 5.74) is 3.04. The number of pyridine rings is 2. The van der Waals surface area contributed by atoms with E-state index in [0.29, 0.717) is 5.92 Å². The van der Waals surface area contributed by atoms with E-state index in [-0.39, 0.29) is 5.91 Å². The van der Waals surface area contributed by atoms with Gasteiger partial charge >= 0.3 is 0 Å². The van der Waals surface area contributed by atoms with E-state index < -0.39 is 0 Å². The highest BCUT2D eigenvalue weighted by molar-refractivity contribution is 5.94. The fraction of sp³-hybridized carbons (Fsp3) is 0.353. The molecule has 1 atom stereocenters. The summed E-state index contributed by atoms with van der Waals surface area (Å²) in [6, 6.07) is 7.76. The lowest BCUT2D eigenvalue weighted by Crippen LogP contribution is -2.39. The second-order valence-corrected chi connectivity index (χ2v) is 5.56. The zero-order chi connectivity index (χ0) is 14.7. The van der Waals surface area contributed by atoms with Crippen LogP contribution in [0.25, 0.3) is 0 Å². The zero-order valence-electron chi connectivity index (χ0n) is 12.2. The topological polar surface area (TPSA) is 46.1 Å². The smallest absolute Gasteiger partial charge is 0.253 e. The third-order valence-corrected chi connectivity index (χ3v) is 4.03. The van der Waals surface area contributed by atoms with Gasteiger partial charge in [0.2, 0.25) is 0 Å². The number of aryl methyl sites for hydroxylation is 1. The van der Waals surface area contributed by atoms with Crippen molar-refractivity contribution in [3.05, 3.63) is 59.7 Å². The summed E-state index contributed by atoms with van der Waals surface area (Å²) < 4.78 is 0. The molecule has 0 aliphatic carbocycles. The Kier molecular flexibility index (Phi) is 3.95. The Labute approximate surface area is 124 Å². The van der Waals surface area contributed by atoms with Crippen LogP contribution in [0.4, 0.5) is 0 Å². The van der Waals surface area contributed by atoms with E-state index in [2.05, 4.69) is 22.1 Å². The first-order valence-corrected chi connectivity index (χ1v) is 7.36. The number of likely N-dealkylation sites (tertiary alicyclic amines) is 1. The quantitative estimate of drug-likeness (QED) is 0.850. The predicted octanol–water partition coefficient (Wildman–Crippen LogP) is 2.80. The highest BCUT2D eigenvalue weighted by Crippen LogP contribution is 2.27. The number of carbonyl (C=O) groups excluding carboxylic acids is 1. The Balaban J connectivity index is 1.75. The summed E-state index contributed by atoms with van der Waals surface area (Å²) in [5.74, 6) is 0.513. The van der Waals surface area contributed by atoms with Crippen molar-refractivity contribution in [3.63, 3.8) is 0 Å². The van der Waals surface area contributed by atoms with Crippen molar-refractivity contribution < 1.29 is 4.79 Å². The van der Waals surface area contributed by atoms with E-state index >= 15 is 0 Å². The Bertz CT molecular complexity index is 627. The van der Waals surface area contributed by atoms with E-state index in [1.807, 2.05) is 18.0 Å². The maximum absolute atomic E-state index is 12.5. The molecule has 3 rings (SSSR count). The highest BCUT2D eigenvalue weighted by atomic mass is 16.2. The second-order valence-electron chi connectivity index (χ2n) is 5.56. The maximum atomic E-state index is 12.5. The standard InChI is InChI=1S/C17H19N3O/c1-13-11-15(6-9-19-13)16-3-2-10-20(12-16)17(21)14-4-7-18-8-5-14/h4-9,11,16H,2-3,10,12H2,1H3. The first-order chi connectivity index (χ1) is 10.2. The number of piperidine rings is 1. The van der Waals surface area contributed by atoms with Gasteiger partial charge in [-0.15, -0.1) is 0 Å². The molecule has 108 valence electrons. The molecule has 4 nitrogen and oxygen atoms in total. The number of nitrogens with zero attached hydrogens (tertiary/aromatic N) is 3. The van der Waals surface area contributed by atoms with Crippen LogP contribution in [0.5, 0.6) is 0 Å². The molecule has 1 unspecified atom stereocenters. The molecular formula is C17H19N3O. The normalized spacial score (nSPS) is 18.5. The average Bonchev–Trinajstić information content (AvgIpc) is 2.55. The van der Waals surface area contributed by atoms with E-state index in [4.69, 9.17) is 0 Å². The molecule has 2 aromatic rings. The maximum Gasteiger partial charge on any atom is 0.253 e. The van der Waals surface area contributed by atoms with Gasteiger partial charge < -0.3 is 4.90 Å². The fourth-order valence-electron chi connectivity index (χ4n) is 2.93. The molecule has 0 radical (unpaired) electrons. The van der Waals surface area contributed by atoms with Gasteiger partial charge in [-0.05, 0) is 49.6 Å². The molecular weight excluding hydrogens is 262 g/mol. The molecule has 0 bridgehead atoms. The number of carbonyl (C=O) groups is 1. The number of aromatic nitrogens is 2. The van der Waals surface area contributed by atoms with Crippen molar-refractivity contribution in [2.45, 2.75) is 25.7 Å². The fourth-order valence-corrected chi connectivity index (χ4v) is 2.93. The molecule has 0 saturated carbocycles. The van der Waals surface area contributed by atoms with Gasteiger partial charge in [0.15, 0.2) is 0 Å². The van der Waals surface area contributed by atoms with Crippen LogP contribution in [0.3, 0.4) is 0 Å². The summed E-state index contributed by atoms with van der Waals surface area (Å²) in [4.78, 5) is 22.7. The van der Waals surface area contributed by atoms with Gasteiger partial charge in [-0.3, -0.25) is 14.8 Å². The van der Waals surface area contributed by atoms with Crippen molar-refractivity contribution in [1.29, 1.82) is 0 Å². The minimum absolute atomic E-state index is 0.105. The molecule has 1 amide bonds. The van der Waals surface area contributed by atoms with Gasteiger partial charge in [0.1, 0.15) is 0 Å². The lowest BCUT2D eigenvalue weighted by atomic mass is 9.90. The molecule has 3 heterocycles. The van der Waals surface area contributed by atoms with E-state index in [1.165, 1.54) is 5.56 Å². The molecule has 0 spiro atoms. The van der Waals surface area contributed by atoms with Gasteiger partial charge in [-0.25, -0.2) is 0 Å². The van der Waals surface area contributed by atoms with Crippen molar-refractivity contribution in [2.75, 3.05) is 13.1 Å². The largest absolute Gasteiger partial charge is 0.338 e. The first kappa shape index (κ1) is 13.7. The molecule has 2 aromatic heterocycles. The van der Waals surface area contributed by atoms with Crippen LogP contribution in [0.15, 0.2) is 42.9 Å². The lowest BCUT2D eigenvalue weighted by Gasteiger charge is -2.33. The minimum atomic E-state index is 0.105. The average molecular weight is 281 g/mol. The third kappa shape index (κ3) is 3.10. The predicted molar refractivity (Wildman–Crippen MR) is 81.1 cm³/mol. The van der Waals surface area contributed by atoms with Crippen molar-refractivity contribution in [1.82, 2.24) is 14.9 Å². The van der Waals surface area contributed by atoms with Crippen LogP contribution in [0.1, 0.15) is 40.4 Å². The zero-order valence-corrected chi connectivity index (χ0v) is 12.2. The van der Waals surface area contributed by atoms with Gasteiger partial charge in [0, 0.05) is 48.9 Å². The molecule has 0 aromatic carbocycles. The van der Waals surface area contributed by atoms with Crippen LogP contribution >= 0.6 is 0 Å². The van der Waals surface area contributed by atoms with E-state index in [0.717, 1.165) is 37.2 Å². The number of hydrogen-bond donors (Lipinski definition) is 0. The van der Waals surface area contributed by atoms with Crippen molar-refractivity contribution in [3.8, 4) is 0 Å². The van der Waals surface area contributed by atoms with Crippen molar-refractivity contribution in [2.24, 2.45) is 0 Å². The molecule has 4 heteroatoms.